The number of nitrogens with zero attached hydrogens (tertiary/aromatic N) is 2. The first-order valence-electron chi connectivity index (χ1n) is 8.81. The van der Waals surface area contributed by atoms with E-state index in [9.17, 15) is 0 Å². The third kappa shape index (κ3) is 2.42. The predicted molar refractivity (Wildman–Crippen MR) is 97.7 cm³/mol. The van der Waals surface area contributed by atoms with Gasteiger partial charge in [0.1, 0.15) is 0 Å². The highest BCUT2D eigenvalue weighted by atomic mass is 15.1. The molecule has 0 radical (unpaired) electrons. The average Bonchev–Trinajstić information content (AvgIpc) is 3.32. The molecule has 124 valence electrons. The minimum Gasteiger partial charge on any atom is -0.330 e. The minimum absolute atomic E-state index is 0.0506. The zero-order valence-electron chi connectivity index (χ0n) is 14.1. The summed E-state index contributed by atoms with van der Waals surface area (Å²) in [4.78, 5) is 4.34. The van der Waals surface area contributed by atoms with E-state index in [2.05, 4.69) is 52.4 Å². The number of nitrogens with one attached hydrogen (secondary N) is 1. The summed E-state index contributed by atoms with van der Waals surface area (Å²) in [7, 11) is 0. The molecule has 1 aliphatic rings. The van der Waals surface area contributed by atoms with Gasteiger partial charge in [0.25, 0.3) is 0 Å². The molecule has 2 aromatic heterocycles. The van der Waals surface area contributed by atoms with Gasteiger partial charge in [-0.25, -0.2) is 4.98 Å². The third-order valence-corrected chi connectivity index (χ3v) is 5.87. The van der Waals surface area contributed by atoms with Gasteiger partial charge in [-0.2, -0.15) is 5.10 Å². The summed E-state index contributed by atoms with van der Waals surface area (Å²) in [6, 6.07) is 10.9. The van der Waals surface area contributed by atoms with Crippen molar-refractivity contribution in [3.63, 3.8) is 0 Å². The Hall–Kier alpha value is -2.20. The van der Waals surface area contributed by atoms with Gasteiger partial charge in [-0.1, -0.05) is 44.0 Å². The topological polar surface area (TPSA) is 67.6 Å². The Kier molecular flexibility index (Phi) is 3.85. The van der Waals surface area contributed by atoms with Gasteiger partial charge in [0, 0.05) is 23.5 Å². The molecule has 0 amide bonds. The molecule has 1 saturated carbocycles. The van der Waals surface area contributed by atoms with Crippen LogP contribution in [0.1, 0.15) is 38.2 Å². The standard InChI is InChI=1S/C20H24N4/c1-20(13-21,15-6-2-3-7-15)16-8-4-5-14(11-16)17-9-10-22-19-18(17)12-23-24-19/h4-5,8-12,15H,2-3,6-7,13,21H2,1H3,(H,22,23,24). The molecule has 0 spiro atoms. The van der Waals surface area contributed by atoms with Gasteiger partial charge < -0.3 is 5.73 Å². The smallest absolute Gasteiger partial charge is 0.155 e. The van der Waals surface area contributed by atoms with Crippen LogP contribution in [0.15, 0.2) is 42.7 Å². The second-order valence-electron chi connectivity index (χ2n) is 7.17. The molecule has 0 aliphatic heterocycles. The van der Waals surface area contributed by atoms with Crippen molar-refractivity contribution in [2.75, 3.05) is 6.54 Å². The second kappa shape index (κ2) is 6.02. The summed E-state index contributed by atoms with van der Waals surface area (Å²) >= 11 is 0. The highest BCUT2D eigenvalue weighted by molar-refractivity contribution is 5.92. The summed E-state index contributed by atoms with van der Waals surface area (Å²) in [6.45, 7) is 3.03. The Morgan fingerprint density at radius 2 is 2.08 bits per heavy atom. The molecule has 2 heterocycles. The number of aromatic amines is 1. The summed E-state index contributed by atoms with van der Waals surface area (Å²) in [5.74, 6) is 0.684. The Morgan fingerprint density at radius 1 is 1.25 bits per heavy atom. The quantitative estimate of drug-likeness (QED) is 0.762. The van der Waals surface area contributed by atoms with Crippen molar-refractivity contribution < 1.29 is 0 Å². The first kappa shape index (κ1) is 15.3. The van der Waals surface area contributed by atoms with Crippen molar-refractivity contribution in [1.29, 1.82) is 0 Å². The van der Waals surface area contributed by atoms with Crippen LogP contribution in [0.5, 0.6) is 0 Å². The predicted octanol–water partition coefficient (Wildman–Crippen LogP) is 4.03. The van der Waals surface area contributed by atoms with Crippen molar-refractivity contribution in [2.45, 2.75) is 38.0 Å². The fourth-order valence-electron chi connectivity index (χ4n) is 4.23. The number of hydrogen-bond acceptors (Lipinski definition) is 3. The third-order valence-electron chi connectivity index (χ3n) is 5.87. The van der Waals surface area contributed by atoms with Gasteiger partial charge in [0.2, 0.25) is 0 Å². The lowest BCUT2D eigenvalue weighted by molar-refractivity contribution is 0.305. The molecule has 1 atom stereocenters. The number of rotatable bonds is 4. The zero-order chi connectivity index (χ0) is 16.6. The zero-order valence-corrected chi connectivity index (χ0v) is 14.1. The molecule has 4 rings (SSSR count). The van der Waals surface area contributed by atoms with E-state index in [1.54, 1.807) is 0 Å². The molecule has 3 aromatic rings. The summed E-state index contributed by atoms with van der Waals surface area (Å²) in [6.07, 6.45) is 8.93. The number of aromatic nitrogens is 3. The average molecular weight is 320 g/mol. The van der Waals surface area contributed by atoms with E-state index >= 15 is 0 Å². The largest absolute Gasteiger partial charge is 0.330 e. The molecule has 1 fully saturated rings. The number of H-pyrrole nitrogens is 1. The van der Waals surface area contributed by atoms with Crippen LogP contribution in [0.4, 0.5) is 0 Å². The van der Waals surface area contributed by atoms with E-state index in [4.69, 9.17) is 5.73 Å². The van der Waals surface area contributed by atoms with Crippen LogP contribution < -0.4 is 5.73 Å². The number of benzene rings is 1. The Balaban J connectivity index is 1.80. The Labute approximate surface area is 142 Å². The van der Waals surface area contributed by atoms with Crippen molar-refractivity contribution >= 4 is 11.0 Å². The van der Waals surface area contributed by atoms with Crippen molar-refractivity contribution in [3.8, 4) is 11.1 Å². The number of fused-ring (bicyclic) bond motifs is 1. The van der Waals surface area contributed by atoms with Crippen molar-refractivity contribution in [2.24, 2.45) is 11.7 Å². The van der Waals surface area contributed by atoms with E-state index < -0.39 is 0 Å². The lowest BCUT2D eigenvalue weighted by atomic mass is 9.70. The van der Waals surface area contributed by atoms with Gasteiger partial charge >= 0.3 is 0 Å². The number of hydrogen-bond donors (Lipinski definition) is 2. The summed E-state index contributed by atoms with van der Waals surface area (Å²) < 4.78 is 0. The molecule has 4 heteroatoms. The van der Waals surface area contributed by atoms with Crippen LogP contribution in [0.3, 0.4) is 0 Å². The Morgan fingerprint density at radius 3 is 2.88 bits per heavy atom. The van der Waals surface area contributed by atoms with Gasteiger partial charge in [-0.15, -0.1) is 0 Å². The second-order valence-corrected chi connectivity index (χ2v) is 7.17. The molecule has 1 aliphatic carbocycles. The maximum Gasteiger partial charge on any atom is 0.155 e. The summed E-state index contributed by atoms with van der Waals surface area (Å²) in [5.41, 5.74) is 10.9. The molecule has 24 heavy (non-hydrogen) atoms. The van der Waals surface area contributed by atoms with E-state index in [0.717, 1.165) is 11.0 Å². The maximum atomic E-state index is 6.26. The summed E-state index contributed by atoms with van der Waals surface area (Å²) in [5, 5.41) is 8.14. The molecular weight excluding hydrogens is 296 g/mol. The molecule has 0 saturated heterocycles. The number of nitrogens with two attached hydrogens (primary N) is 1. The SMILES string of the molecule is CC(CN)(c1cccc(-c2ccnc3[nH]ncc23)c1)C1CCCC1. The molecule has 0 bridgehead atoms. The van der Waals surface area contributed by atoms with Crippen molar-refractivity contribution in [3.05, 3.63) is 48.3 Å². The fraction of sp³-hybridized carbons (Fsp3) is 0.400. The van der Waals surface area contributed by atoms with Crippen LogP contribution in [0.2, 0.25) is 0 Å². The monoisotopic (exact) mass is 320 g/mol. The first-order chi connectivity index (χ1) is 11.7. The highest BCUT2D eigenvalue weighted by Crippen LogP contribution is 2.42. The maximum absolute atomic E-state index is 6.26. The molecular formula is C20H24N4. The van der Waals surface area contributed by atoms with Crippen molar-refractivity contribution in [1.82, 2.24) is 15.2 Å². The fourth-order valence-corrected chi connectivity index (χ4v) is 4.23. The van der Waals surface area contributed by atoms with E-state index in [0.29, 0.717) is 12.5 Å². The molecule has 1 aromatic carbocycles. The van der Waals surface area contributed by atoms with Crippen LogP contribution in [-0.2, 0) is 5.41 Å². The lowest BCUT2D eigenvalue weighted by Gasteiger charge is -2.35. The molecule has 4 nitrogen and oxygen atoms in total. The van der Waals surface area contributed by atoms with Crippen LogP contribution >= 0.6 is 0 Å². The lowest BCUT2D eigenvalue weighted by Crippen LogP contribution is -2.38. The van der Waals surface area contributed by atoms with Gasteiger partial charge in [0.05, 0.1) is 6.20 Å². The van der Waals surface area contributed by atoms with Gasteiger partial charge in [0.15, 0.2) is 5.65 Å². The van der Waals surface area contributed by atoms with Crippen LogP contribution in [-0.4, -0.2) is 21.7 Å². The molecule has 1 unspecified atom stereocenters. The van der Waals surface area contributed by atoms with Crippen LogP contribution in [0.25, 0.3) is 22.2 Å². The minimum atomic E-state index is 0.0506. The Bertz CT molecular complexity index is 847. The van der Waals surface area contributed by atoms with E-state index in [1.165, 1.54) is 42.4 Å². The molecule has 3 N–H and O–H groups in total. The van der Waals surface area contributed by atoms with E-state index in [1.807, 2.05) is 12.4 Å². The van der Waals surface area contributed by atoms with E-state index in [-0.39, 0.29) is 5.41 Å². The van der Waals surface area contributed by atoms with Gasteiger partial charge in [-0.3, -0.25) is 5.10 Å². The first-order valence-corrected chi connectivity index (χ1v) is 8.81. The van der Waals surface area contributed by atoms with Crippen LogP contribution in [0, 0.1) is 5.92 Å². The number of pyridine rings is 1. The normalized spacial score (nSPS) is 18.1. The van der Waals surface area contributed by atoms with Gasteiger partial charge in [-0.05, 0) is 41.5 Å². The highest BCUT2D eigenvalue weighted by Gasteiger charge is 2.36.